The molecule has 0 aromatic carbocycles. The monoisotopic (exact) mass is 297 g/mol. The van der Waals surface area contributed by atoms with Crippen molar-refractivity contribution in [3.05, 3.63) is 0 Å². The molecule has 3 N–H and O–H groups in total. The number of carbonyl (C=O) groups is 1. The van der Waals surface area contributed by atoms with Gasteiger partial charge in [0.2, 0.25) is 5.91 Å². The van der Waals surface area contributed by atoms with E-state index >= 15 is 0 Å². The highest BCUT2D eigenvalue weighted by Crippen LogP contribution is 2.38. The number of unbranched alkanes of at least 4 members (excludes halogenated alkanes) is 1. The Bertz CT molecular complexity index is 308. The van der Waals surface area contributed by atoms with Gasteiger partial charge in [-0.25, -0.2) is 0 Å². The Hall–Kier alpha value is -0.610. The molecular formula is C17H35N3O. The van der Waals surface area contributed by atoms with Gasteiger partial charge in [-0.1, -0.05) is 33.6 Å². The molecule has 1 rings (SSSR count). The van der Waals surface area contributed by atoms with E-state index < -0.39 is 5.54 Å². The number of carbonyl (C=O) groups excluding carboxylic acids is 1. The van der Waals surface area contributed by atoms with E-state index in [1.165, 1.54) is 19.4 Å². The molecular weight excluding hydrogens is 262 g/mol. The molecule has 1 aliphatic carbocycles. The Morgan fingerprint density at radius 2 is 2.05 bits per heavy atom. The van der Waals surface area contributed by atoms with Gasteiger partial charge in [-0.15, -0.1) is 0 Å². The second kappa shape index (κ2) is 9.42. The van der Waals surface area contributed by atoms with Crippen LogP contribution in [0.2, 0.25) is 0 Å². The fraction of sp³-hybridized carbons (Fsp3) is 0.941. The van der Waals surface area contributed by atoms with Crippen LogP contribution in [0.5, 0.6) is 0 Å². The molecule has 21 heavy (non-hydrogen) atoms. The van der Waals surface area contributed by atoms with Crippen LogP contribution in [0.3, 0.4) is 0 Å². The Labute approximate surface area is 130 Å². The van der Waals surface area contributed by atoms with Crippen LogP contribution in [-0.2, 0) is 4.79 Å². The summed E-state index contributed by atoms with van der Waals surface area (Å²) in [5.74, 6) is 0.257. The lowest BCUT2D eigenvalue weighted by Crippen LogP contribution is -2.58. The molecule has 0 radical (unpaired) electrons. The largest absolute Gasteiger partial charge is 0.368 e. The first-order valence-electron chi connectivity index (χ1n) is 8.88. The van der Waals surface area contributed by atoms with Crippen LogP contribution in [0, 0.1) is 5.92 Å². The van der Waals surface area contributed by atoms with Crippen molar-refractivity contribution in [2.45, 2.75) is 71.3 Å². The van der Waals surface area contributed by atoms with Gasteiger partial charge < -0.3 is 16.0 Å². The summed E-state index contributed by atoms with van der Waals surface area (Å²) in [5, 5.41) is 3.49. The Morgan fingerprint density at radius 1 is 1.29 bits per heavy atom. The van der Waals surface area contributed by atoms with Gasteiger partial charge in [0.05, 0.1) is 0 Å². The Balaban J connectivity index is 2.59. The summed E-state index contributed by atoms with van der Waals surface area (Å²) in [4.78, 5) is 14.6. The topological polar surface area (TPSA) is 58.4 Å². The molecule has 0 heterocycles. The van der Waals surface area contributed by atoms with Crippen LogP contribution >= 0.6 is 0 Å². The zero-order valence-corrected chi connectivity index (χ0v) is 14.3. The van der Waals surface area contributed by atoms with E-state index in [9.17, 15) is 4.79 Å². The van der Waals surface area contributed by atoms with Crippen molar-refractivity contribution in [1.29, 1.82) is 0 Å². The lowest BCUT2D eigenvalue weighted by atomic mass is 9.83. The summed E-state index contributed by atoms with van der Waals surface area (Å²) in [6.07, 6.45) is 7.78. The number of amides is 1. The Morgan fingerprint density at radius 3 is 2.62 bits per heavy atom. The van der Waals surface area contributed by atoms with Crippen molar-refractivity contribution in [3.8, 4) is 0 Å². The van der Waals surface area contributed by atoms with Crippen LogP contribution in [0.1, 0.15) is 65.7 Å². The standard InChI is InChI=1S/C17H35N3O/c1-4-7-13-20(6-3)14-10-15-9-8-11-17(15,16(18)21)19-12-5-2/h15,19H,4-14H2,1-3H3,(H2,18,21). The van der Waals surface area contributed by atoms with Gasteiger partial charge in [-0.2, -0.15) is 0 Å². The average molecular weight is 297 g/mol. The van der Waals surface area contributed by atoms with Crippen LogP contribution in [0.4, 0.5) is 0 Å². The van der Waals surface area contributed by atoms with E-state index in [-0.39, 0.29) is 5.91 Å². The predicted molar refractivity (Wildman–Crippen MR) is 89.2 cm³/mol. The first kappa shape index (κ1) is 18.4. The zero-order valence-electron chi connectivity index (χ0n) is 14.3. The molecule has 1 saturated carbocycles. The minimum Gasteiger partial charge on any atom is -0.368 e. The molecule has 0 aliphatic heterocycles. The van der Waals surface area contributed by atoms with Gasteiger partial charge >= 0.3 is 0 Å². The maximum atomic E-state index is 12.1. The van der Waals surface area contributed by atoms with Crippen molar-refractivity contribution in [1.82, 2.24) is 10.2 Å². The highest BCUT2D eigenvalue weighted by molar-refractivity contribution is 5.85. The second-order valence-electron chi connectivity index (χ2n) is 6.43. The number of primary amides is 1. The summed E-state index contributed by atoms with van der Waals surface area (Å²) in [6, 6.07) is 0. The smallest absolute Gasteiger partial charge is 0.238 e. The van der Waals surface area contributed by atoms with Crippen molar-refractivity contribution >= 4 is 5.91 Å². The van der Waals surface area contributed by atoms with Crippen molar-refractivity contribution in [2.75, 3.05) is 26.2 Å². The summed E-state index contributed by atoms with van der Waals surface area (Å²) in [5.41, 5.74) is 5.32. The molecule has 4 heteroatoms. The molecule has 1 fully saturated rings. The second-order valence-corrected chi connectivity index (χ2v) is 6.43. The highest BCUT2D eigenvalue weighted by Gasteiger charge is 2.46. The van der Waals surface area contributed by atoms with Gasteiger partial charge in [0.15, 0.2) is 0 Å². The van der Waals surface area contributed by atoms with E-state index in [0.29, 0.717) is 5.92 Å². The number of nitrogens with one attached hydrogen (secondary N) is 1. The van der Waals surface area contributed by atoms with E-state index in [0.717, 1.165) is 51.7 Å². The predicted octanol–water partition coefficient (Wildman–Crippen LogP) is 2.52. The van der Waals surface area contributed by atoms with E-state index in [1.807, 2.05) is 0 Å². The summed E-state index contributed by atoms with van der Waals surface area (Å²) < 4.78 is 0. The normalized spacial score (nSPS) is 25.6. The van der Waals surface area contributed by atoms with Crippen molar-refractivity contribution in [3.63, 3.8) is 0 Å². The summed E-state index contributed by atoms with van der Waals surface area (Å²) >= 11 is 0. The molecule has 0 aromatic rings. The van der Waals surface area contributed by atoms with Crippen LogP contribution < -0.4 is 11.1 Å². The van der Waals surface area contributed by atoms with Gasteiger partial charge in [-0.05, 0) is 64.2 Å². The van der Waals surface area contributed by atoms with Gasteiger partial charge in [0, 0.05) is 0 Å². The molecule has 2 atom stereocenters. The molecule has 0 saturated heterocycles. The highest BCUT2D eigenvalue weighted by atomic mass is 16.1. The number of hydrogen-bond acceptors (Lipinski definition) is 3. The third-order valence-corrected chi connectivity index (χ3v) is 5.02. The van der Waals surface area contributed by atoms with Crippen LogP contribution in [0.15, 0.2) is 0 Å². The molecule has 2 unspecified atom stereocenters. The number of hydrogen-bond donors (Lipinski definition) is 2. The van der Waals surface area contributed by atoms with Gasteiger partial charge in [0.25, 0.3) is 0 Å². The number of rotatable bonds is 11. The third-order valence-electron chi connectivity index (χ3n) is 5.02. The fourth-order valence-corrected chi connectivity index (χ4v) is 3.61. The number of nitrogens with zero attached hydrogens (tertiary/aromatic N) is 1. The maximum absolute atomic E-state index is 12.1. The number of nitrogens with two attached hydrogens (primary N) is 1. The molecule has 0 bridgehead atoms. The SMILES string of the molecule is CCCCN(CC)CCC1CCCC1(NCCC)C(N)=O. The van der Waals surface area contributed by atoms with E-state index in [4.69, 9.17) is 5.73 Å². The molecule has 1 amide bonds. The first-order valence-corrected chi connectivity index (χ1v) is 8.88. The molecule has 4 nitrogen and oxygen atoms in total. The van der Waals surface area contributed by atoms with Gasteiger partial charge in [-0.3, -0.25) is 4.79 Å². The third kappa shape index (κ3) is 4.96. The van der Waals surface area contributed by atoms with E-state index in [1.54, 1.807) is 0 Å². The van der Waals surface area contributed by atoms with Crippen molar-refractivity contribution in [2.24, 2.45) is 11.7 Å². The minimum atomic E-state index is -0.444. The van der Waals surface area contributed by atoms with Gasteiger partial charge in [0.1, 0.15) is 5.54 Å². The maximum Gasteiger partial charge on any atom is 0.238 e. The Kier molecular flexibility index (Phi) is 8.27. The summed E-state index contributed by atoms with van der Waals surface area (Å²) in [7, 11) is 0. The van der Waals surface area contributed by atoms with Crippen LogP contribution in [0.25, 0.3) is 0 Å². The average Bonchev–Trinajstić information content (AvgIpc) is 2.89. The lowest BCUT2D eigenvalue weighted by molar-refractivity contribution is -0.126. The van der Waals surface area contributed by atoms with Crippen LogP contribution in [-0.4, -0.2) is 42.5 Å². The fourth-order valence-electron chi connectivity index (χ4n) is 3.61. The minimum absolute atomic E-state index is 0.143. The van der Waals surface area contributed by atoms with E-state index in [2.05, 4.69) is 31.0 Å². The quantitative estimate of drug-likeness (QED) is 0.616. The summed E-state index contributed by atoms with van der Waals surface area (Å²) in [6.45, 7) is 10.8. The molecule has 124 valence electrons. The van der Waals surface area contributed by atoms with Crippen molar-refractivity contribution < 1.29 is 4.79 Å². The lowest BCUT2D eigenvalue weighted by Gasteiger charge is -2.35. The zero-order chi connectivity index (χ0) is 15.7. The molecule has 0 spiro atoms. The first-order chi connectivity index (χ1) is 10.1. The molecule has 0 aromatic heterocycles. The molecule has 1 aliphatic rings.